The number of nitrogens with zero attached hydrogens (tertiary/aromatic N) is 4. The molecule has 1 fully saturated rings. The van der Waals surface area contributed by atoms with Gasteiger partial charge in [0.05, 0.1) is 17.6 Å². The molecule has 5 rings (SSSR count). The van der Waals surface area contributed by atoms with Gasteiger partial charge in [0.1, 0.15) is 12.1 Å². The Morgan fingerprint density at radius 2 is 1.92 bits per heavy atom. The van der Waals surface area contributed by atoms with Crippen LogP contribution in [0, 0.1) is 6.92 Å². The first-order chi connectivity index (χ1) is 17.5. The second-order valence-electron chi connectivity index (χ2n) is 9.17. The average Bonchev–Trinajstić information content (AvgIpc) is 2.90. The lowest BCUT2D eigenvalue weighted by molar-refractivity contribution is -0.122. The molecular formula is C27H29N7O2. The van der Waals surface area contributed by atoms with Crippen LogP contribution in [0.25, 0.3) is 22.0 Å². The zero-order valence-electron chi connectivity index (χ0n) is 20.4. The number of likely N-dealkylation sites (N-methyl/N-ethyl adjacent to an activating group) is 1. The number of pyridine rings is 2. The molecule has 0 saturated carbocycles. The predicted molar refractivity (Wildman–Crippen MR) is 140 cm³/mol. The van der Waals surface area contributed by atoms with E-state index in [9.17, 15) is 9.59 Å². The number of carbonyl (C=O) groups is 1. The normalized spacial score (nSPS) is 14.6. The molecule has 1 aliphatic rings. The number of aromatic nitrogens is 4. The number of amides is 1. The Hall–Kier alpha value is -4.11. The van der Waals surface area contributed by atoms with Crippen LogP contribution in [0.15, 0.2) is 60.0 Å². The molecule has 4 heterocycles. The maximum Gasteiger partial charge on any atom is 0.259 e. The average molecular weight is 484 g/mol. The Bertz CT molecular complexity index is 1440. The fourth-order valence-corrected chi connectivity index (χ4v) is 4.92. The number of carbonyl (C=O) groups excluding carboxylic acids is 1. The smallest absolute Gasteiger partial charge is 0.259 e. The lowest BCUT2D eigenvalue weighted by atomic mass is 9.86. The van der Waals surface area contributed by atoms with Crippen molar-refractivity contribution in [3.63, 3.8) is 0 Å². The molecule has 3 aromatic heterocycles. The number of benzene rings is 1. The number of fused-ring (bicyclic) bond motifs is 1. The highest BCUT2D eigenvalue weighted by Crippen LogP contribution is 2.33. The second-order valence-corrected chi connectivity index (χ2v) is 9.17. The summed E-state index contributed by atoms with van der Waals surface area (Å²) in [6.45, 7) is 4.39. The Labute approximate surface area is 209 Å². The highest BCUT2D eigenvalue weighted by molar-refractivity contribution is 5.95. The molecule has 0 spiro atoms. The highest BCUT2D eigenvalue weighted by Gasteiger charge is 2.23. The van der Waals surface area contributed by atoms with Crippen LogP contribution >= 0.6 is 0 Å². The number of rotatable bonds is 6. The standard InChI is InChI=1S/C27H29N7O2/c1-17-11-21(3-4-22(17)18-6-9-34(10-7-18)15-24(35)28-2)32-26-25-19(5-8-31-27(25)36)12-23(33-26)20-13-29-16-30-14-20/h3-5,8,11-14,16,18H,6-7,9-10,15H2,1-2H3,(H,28,35)(H,31,36)(H,32,33). The fraction of sp³-hybridized carbons (Fsp3) is 0.296. The van der Waals surface area contributed by atoms with E-state index in [1.54, 1.807) is 25.6 Å². The second kappa shape index (κ2) is 10.2. The first kappa shape index (κ1) is 23.6. The summed E-state index contributed by atoms with van der Waals surface area (Å²) in [7, 11) is 1.68. The van der Waals surface area contributed by atoms with E-state index in [4.69, 9.17) is 4.98 Å². The lowest BCUT2D eigenvalue weighted by Gasteiger charge is -2.32. The summed E-state index contributed by atoms with van der Waals surface area (Å²) in [5, 5.41) is 7.36. The maximum atomic E-state index is 12.7. The Balaban J connectivity index is 1.40. The Morgan fingerprint density at radius 3 is 2.64 bits per heavy atom. The van der Waals surface area contributed by atoms with Crippen LogP contribution in [0.2, 0.25) is 0 Å². The molecule has 0 aliphatic carbocycles. The molecule has 0 radical (unpaired) electrons. The number of aromatic amines is 1. The Kier molecular flexibility index (Phi) is 6.73. The van der Waals surface area contributed by atoms with Gasteiger partial charge in [-0.3, -0.25) is 14.5 Å². The molecule has 9 nitrogen and oxygen atoms in total. The van der Waals surface area contributed by atoms with Crippen molar-refractivity contribution >= 4 is 28.2 Å². The third-order valence-corrected chi connectivity index (χ3v) is 6.82. The third kappa shape index (κ3) is 4.96. The van der Waals surface area contributed by atoms with Crippen molar-refractivity contribution in [2.24, 2.45) is 0 Å². The fourth-order valence-electron chi connectivity index (χ4n) is 4.92. The molecular weight excluding hydrogens is 454 g/mol. The van der Waals surface area contributed by atoms with Crippen molar-refractivity contribution in [2.45, 2.75) is 25.7 Å². The van der Waals surface area contributed by atoms with Gasteiger partial charge < -0.3 is 15.6 Å². The summed E-state index contributed by atoms with van der Waals surface area (Å²) in [4.78, 5) is 42.3. The van der Waals surface area contributed by atoms with E-state index in [-0.39, 0.29) is 11.5 Å². The minimum atomic E-state index is -0.199. The monoisotopic (exact) mass is 483 g/mol. The largest absolute Gasteiger partial charge is 0.358 e. The van der Waals surface area contributed by atoms with E-state index in [0.29, 0.717) is 29.4 Å². The first-order valence-electron chi connectivity index (χ1n) is 12.1. The van der Waals surface area contributed by atoms with Gasteiger partial charge in [0.25, 0.3) is 5.56 Å². The summed E-state index contributed by atoms with van der Waals surface area (Å²) >= 11 is 0. The molecule has 0 bridgehead atoms. The summed E-state index contributed by atoms with van der Waals surface area (Å²) in [5.74, 6) is 1.01. The quantitative estimate of drug-likeness (QED) is 0.385. The van der Waals surface area contributed by atoms with E-state index in [1.165, 1.54) is 17.5 Å². The first-order valence-corrected chi connectivity index (χ1v) is 12.1. The molecule has 36 heavy (non-hydrogen) atoms. The highest BCUT2D eigenvalue weighted by atomic mass is 16.2. The number of nitrogens with one attached hydrogen (secondary N) is 3. The van der Waals surface area contributed by atoms with Crippen molar-refractivity contribution in [3.8, 4) is 11.3 Å². The van der Waals surface area contributed by atoms with E-state index in [0.717, 1.165) is 42.6 Å². The minimum Gasteiger partial charge on any atom is -0.358 e. The van der Waals surface area contributed by atoms with Gasteiger partial charge in [-0.25, -0.2) is 15.0 Å². The van der Waals surface area contributed by atoms with Crippen LogP contribution in [0.4, 0.5) is 11.5 Å². The molecule has 1 saturated heterocycles. The van der Waals surface area contributed by atoms with Crippen LogP contribution in [0.1, 0.15) is 29.9 Å². The van der Waals surface area contributed by atoms with Crippen molar-refractivity contribution in [2.75, 3.05) is 32.0 Å². The van der Waals surface area contributed by atoms with Crippen LogP contribution in [-0.4, -0.2) is 57.4 Å². The van der Waals surface area contributed by atoms with Gasteiger partial charge in [-0.1, -0.05) is 6.07 Å². The van der Waals surface area contributed by atoms with Gasteiger partial charge in [0, 0.05) is 36.9 Å². The molecule has 0 unspecified atom stereocenters. The van der Waals surface area contributed by atoms with E-state index in [1.807, 2.05) is 18.2 Å². The predicted octanol–water partition coefficient (Wildman–Crippen LogP) is 3.36. The van der Waals surface area contributed by atoms with Crippen LogP contribution in [0.5, 0.6) is 0 Å². The van der Waals surface area contributed by atoms with E-state index >= 15 is 0 Å². The van der Waals surface area contributed by atoms with E-state index in [2.05, 4.69) is 49.5 Å². The number of H-pyrrole nitrogens is 1. The molecule has 1 aromatic carbocycles. The van der Waals surface area contributed by atoms with Crippen LogP contribution in [0.3, 0.4) is 0 Å². The molecule has 1 aliphatic heterocycles. The SMILES string of the molecule is CNC(=O)CN1CCC(c2ccc(Nc3nc(-c4cncnc4)cc4cc[nH]c(=O)c34)cc2C)CC1. The molecule has 4 aromatic rings. The topological polar surface area (TPSA) is 116 Å². The van der Waals surface area contributed by atoms with Gasteiger partial charge in [-0.15, -0.1) is 0 Å². The maximum absolute atomic E-state index is 12.7. The van der Waals surface area contributed by atoms with Crippen molar-refractivity contribution in [1.82, 2.24) is 30.2 Å². The number of likely N-dealkylation sites (tertiary alicyclic amines) is 1. The number of anilines is 2. The molecule has 1 amide bonds. The number of piperidine rings is 1. The Morgan fingerprint density at radius 1 is 1.14 bits per heavy atom. The van der Waals surface area contributed by atoms with Gasteiger partial charge in [-0.2, -0.15) is 0 Å². The summed E-state index contributed by atoms with van der Waals surface area (Å²) in [6, 6.07) is 10.1. The lowest BCUT2D eigenvalue weighted by Crippen LogP contribution is -2.40. The molecule has 3 N–H and O–H groups in total. The van der Waals surface area contributed by atoms with Crippen LogP contribution in [-0.2, 0) is 4.79 Å². The zero-order valence-corrected chi connectivity index (χ0v) is 20.4. The van der Waals surface area contributed by atoms with Gasteiger partial charge in [0.2, 0.25) is 5.91 Å². The van der Waals surface area contributed by atoms with E-state index < -0.39 is 0 Å². The van der Waals surface area contributed by atoms with Gasteiger partial charge >= 0.3 is 0 Å². The van der Waals surface area contributed by atoms with Crippen LogP contribution < -0.4 is 16.2 Å². The number of aryl methyl sites for hydroxylation is 1. The van der Waals surface area contributed by atoms with Crippen molar-refractivity contribution in [1.29, 1.82) is 0 Å². The number of hydrogen-bond donors (Lipinski definition) is 3. The van der Waals surface area contributed by atoms with Gasteiger partial charge in [0.15, 0.2) is 0 Å². The summed E-state index contributed by atoms with van der Waals surface area (Å²) < 4.78 is 0. The molecule has 184 valence electrons. The molecule has 9 heteroatoms. The zero-order chi connectivity index (χ0) is 25.1. The minimum absolute atomic E-state index is 0.0592. The summed E-state index contributed by atoms with van der Waals surface area (Å²) in [5.41, 5.74) is 4.65. The van der Waals surface area contributed by atoms with Crippen molar-refractivity contribution < 1.29 is 4.79 Å². The summed E-state index contributed by atoms with van der Waals surface area (Å²) in [6.07, 6.45) is 8.57. The van der Waals surface area contributed by atoms with Gasteiger partial charge in [-0.05, 0) is 79.6 Å². The third-order valence-electron chi connectivity index (χ3n) is 6.82. The van der Waals surface area contributed by atoms with Crippen molar-refractivity contribution in [3.05, 3.63) is 76.7 Å². The molecule has 0 atom stereocenters. The number of hydrogen-bond acceptors (Lipinski definition) is 7.